The Labute approximate surface area is 691 Å². The third kappa shape index (κ3) is 15.6. The molecule has 13 aromatic heterocycles. The average Bonchev–Trinajstić information content (AvgIpc) is 1.63. The van der Waals surface area contributed by atoms with Crippen LogP contribution in [0.3, 0.4) is 0 Å². The van der Waals surface area contributed by atoms with Crippen molar-refractivity contribution in [2.45, 2.75) is 130 Å². The van der Waals surface area contributed by atoms with E-state index in [0.717, 1.165) is 111 Å². The number of fused-ring (bicyclic) bond motifs is 15. The van der Waals surface area contributed by atoms with Gasteiger partial charge in [0.15, 0.2) is 40.3 Å². The van der Waals surface area contributed by atoms with E-state index in [9.17, 15) is 23.2 Å². The number of nitrogens with zero attached hydrogens (tertiary/aromatic N) is 25. The lowest BCUT2D eigenvalue weighted by Gasteiger charge is -2.29. The van der Waals surface area contributed by atoms with Gasteiger partial charge in [-0.05, 0) is 92.8 Å². The van der Waals surface area contributed by atoms with E-state index in [4.69, 9.17) is 23.6 Å². The van der Waals surface area contributed by atoms with Gasteiger partial charge >= 0.3 is 0 Å². The number of aryl methyl sites for hydroxylation is 5. The molecule has 4 aliphatic rings. The lowest BCUT2D eigenvalue weighted by molar-refractivity contribution is 0.0735. The number of carbonyl (C=O) groups excluding carboxylic acids is 3. The minimum absolute atomic E-state index is 0.0100. The van der Waals surface area contributed by atoms with E-state index in [1.165, 1.54) is 25.9 Å². The first-order chi connectivity index (χ1) is 56.8. The highest BCUT2D eigenvalue weighted by molar-refractivity contribution is 9.10. The number of hydrogen-bond donors (Lipinski definition) is 1. The Morgan fingerprint density at radius 3 is 2.34 bits per heavy atom. The summed E-state index contributed by atoms with van der Waals surface area (Å²) in [5.41, 5.74) is 12.6. The molecule has 1 N–H and O–H groups in total. The Bertz CT molecular complexity index is 6460. The number of alkyl halides is 2. The normalized spacial score (nSPS) is 14.3. The number of imidazole rings is 2. The van der Waals surface area contributed by atoms with Crippen molar-refractivity contribution in [2.24, 2.45) is 19.5 Å². The second kappa shape index (κ2) is 32.6. The molecule has 1 saturated heterocycles. The summed E-state index contributed by atoms with van der Waals surface area (Å²) >= 11 is 8.28. The van der Waals surface area contributed by atoms with Gasteiger partial charge in [0.25, 0.3) is 12.3 Å². The number of aromatic nitrogens is 24. The molecule has 1 fully saturated rings. The monoisotopic (exact) mass is 1720 g/mol. The van der Waals surface area contributed by atoms with E-state index < -0.39 is 6.43 Å². The van der Waals surface area contributed by atoms with Crippen LogP contribution in [0.25, 0.3) is 77.6 Å². The summed E-state index contributed by atoms with van der Waals surface area (Å²) in [6, 6.07) is 20.9. The molecule has 118 heavy (non-hydrogen) atoms. The molecule has 0 saturated carbocycles. The summed E-state index contributed by atoms with van der Waals surface area (Å²) < 4.78 is 62.2. The molecular weight excluding hydrogens is 1640 g/mol. The lowest BCUT2D eigenvalue weighted by Crippen LogP contribution is -2.30. The SMILES string of the molecule is CC(=O)c1ncn2c1[C@@H]1CCCN1C(=O)c1cc(C)ccc1-2.CC1(C)CC(=O)c2c(SCCO)sc(-c3nccs3)c2C1.Cc1cc(-c2nnc3c4ccccc4c(OCc4cn(C)nn4)nn23)no1.Cc1conc1-c1nncc2c(C(C)(C)C)c(OCc3ncnn3C)nn12.FC(F)c1ncn2c1Cn1ncnc1-c1cc(Br)ccc1-2. The Morgan fingerprint density at radius 2 is 1.62 bits per heavy atom. The summed E-state index contributed by atoms with van der Waals surface area (Å²) in [6.45, 7) is 19.4. The van der Waals surface area contributed by atoms with Crippen molar-refractivity contribution in [2.75, 3.05) is 18.9 Å². The van der Waals surface area contributed by atoms with Crippen LogP contribution >= 0.6 is 50.4 Å². The maximum Gasteiger partial charge on any atom is 0.282 e. The van der Waals surface area contributed by atoms with Crippen molar-refractivity contribution in [3.63, 3.8) is 0 Å². The minimum Gasteiger partial charge on any atom is -0.470 e. The number of halogens is 3. The summed E-state index contributed by atoms with van der Waals surface area (Å²) in [5.74, 6) is 4.83. The van der Waals surface area contributed by atoms with Gasteiger partial charge in [-0.15, -0.1) is 65.0 Å². The zero-order chi connectivity index (χ0) is 82.6. The number of thiophene rings is 1. The predicted octanol–water partition coefficient (Wildman–Crippen LogP) is 14.0. The highest BCUT2D eigenvalue weighted by Gasteiger charge is 2.41. The molecule has 16 aromatic rings. The third-order valence-electron chi connectivity index (χ3n) is 20.0. The molecule has 3 aliphatic heterocycles. The molecule has 1 atom stereocenters. The van der Waals surface area contributed by atoms with Crippen LogP contribution in [0.15, 0.2) is 140 Å². The molecule has 1 aliphatic carbocycles. The number of Topliss-reactive ketones (excluding diaryl/α,β-unsaturated/α-hetero) is 2. The van der Waals surface area contributed by atoms with E-state index >= 15 is 0 Å². The van der Waals surface area contributed by atoms with Gasteiger partial charge in [0.1, 0.15) is 72.6 Å². The second-order valence-electron chi connectivity index (χ2n) is 30.1. The fraction of sp³-hybridized carbons (Fsp3) is 0.316. The highest BCUT2D eigenvalue weighted by Crippen LogP contribution is 2.50. The van der Waals surface area contributed by atoms with Crippen LogP contribution in [0.2, 0.25) is 0 Å². The van der Waals surface area contributed by atoms with Gasteiger partial charge in [0.2, 0.25) is 23.4 Å². The third-order valence-corrected chi connectivity index (χ3v) is 23.9. The summed E-state index contributed by atoms with van der Waals surface area (Å²) in [5, 5.41) is 64.1. The Balaban J connectivity index is 0.000000111. The van der Waals surface area contributed by atoms with Gasteiger partial charge in [-0.25, -0.2) is 42.9 Å². The van der Waals surface area contributed by atoms with Crippen LogP contribution in [-0.4, -0.2) is 165 Å². The van der Waals surface area contributed by atoms with Gasteiger partial charge in [0, 0.05) is 94.9 Å². The largest absolute Gasteiger partial charge is 0.470 e. The first kappa shape index (κ1) is 79.5. The molecule has 0 bridgehead atoms. The molecule has 0 radical (unpaired) electrons. The smallest absolute Gasteiger partial charge is 0.282 e. The number of thiazole rings is 1. The molecular formula is C79H76BrF2N25O8S3. The molecule has 604 valence electrons. The van der Waals surface area contributed by atoms with Crippen molar-refractivity contribution in [3.05, 3.63) is 200 Å². The van der Waals surface area contributed by atoms with Crippen LogP contribution in [0.5, 0.6) is 11.8 Å². The van der Waals surface area contributed by atoms with Crippen molar-refractivity contribution < 1.29 is 46.8 Å². The number of ketones is 2. The number of carbonyl (C=O) groups is 3. The molecule has 16 heterocycles. The van der Waals surface area contributed by atoms with Crippen molar-refractivity contribution >= 4 is 89.8 Å². The Morgan fingerprint density at radius 1 is 0.839 bits per heavy atom. The number of aliphatic hydroxyl groups is 1. The number of ether oxygens (including phenoxy) is 2. The number of rotatable bonds is 14. The van der Waals surface area contributed by atoms with Crippen LogP contribution < -0.4 is 9.47 Å². The van der Waals surface area contributed by atoms with E-state index in [0.29, 0.717) is 92.7 Å². The highest BCUT2D eigenvalue weighted by atomic mass is 79.9. The Hall–Kier alpha value is -12.3. The average molecular weight is 1720 g/mol. The predicted molar refractivity (Wildman–Crippen MR) is 434 cm³/mol. The fourth-order valence-electron chi connectivity index (χ4n) is 14.7. The van der Waals surface area contributed by atoms with E-state index in [-0.39, 0.29) is 66.4 Å². The minimum atomic E-state index is -2.62. The molecule has 33 nitrogen and oxygen atoms in total. The van der Waals surface area contributed by atoms with Gasteiger partial charge in [-0.1, -0.05) is 95.9 Å². The summed E-state index contributed by atoms with van der Waals surface area (Å²) in [4.78, 5) is 61.5. The zero-order valence-corrected chi connectivity index (χ0v) is 69.7. The van der Waals surface area contributed by atoms with E-state index in [2.05, 4.69) is 137 Å². The first-order valence-electron chi connectivity index (χ1n) is 37.3. The molecule has 39 heteroatoms. The van der Waals surface area contributed by atoms with E-state index in [1.807, 2.05) is 110 Å². The number of benzene rings is 3. The Kier molecular flexibility index (Phi) is 22.0. The van der Waals surface area contributed by atoms with Crippen molar-refractivity contribution in [1.29, 1.82) is 0 Å². The fourth-order valence-corrected chi connectivity index (χ4v) is 18.3. The molecule has 0 spiro atoms. The van der Waals surface area contributed by atoms with E-state index in [1.54, 1.807) is 100 Å². The quantitative estimate of drug-likeness (QED) is 0.0780. The van der Waals surface area contributed by atoms with Gasteiger partial charge in [0.05, 0.1) is 74.5 Å². The lowest BCUT2D eigenvalue weighted by atomic mass is 9.74. The summed E-state index contributed by atoms with van der Waals surface area (Å²) in [6.07, 6.45) is 13.6. The van der Waals surface area contributed by atoms with Crippen molar-refractivity contribution in [1.82, 2.24) is 123 Å². The molecule has 3 aromatic carbocycles. The number of hydrogen-bond acceptors (Lipinski definition) is 28. The topological polar surface area (TPSA) is 372 Å². The number of thioether (sulfide) groups is 1. The standard InChI is InChI=1S/C17H14N8O2.C17H20N8O2.C17H17N3O2.C15H17NO2S3.C13H8BrF2N5/c1-10-7-14(22-27-10)16-20-19-15-12-5-3-4-6-13(12)17(21-25(15)16)26-9-11-8-24(2)23-18-11;1-10-7-27-23-14(10)15-21-19-6-11-13(17(2,3)4)16(22-25(11)15)26-8-12-18-9-20-24(12)5;1-10-5-6-13-12(8-10)17(22)19-7-3-4-14(19)16-15(11(2)21)18-9-20(13)16;1-15(2)7-9-11(10(18)8-15)14(20-6-4-17)21-12(9)13-16-3-5-19-13;14-7-1-2-9-8(3-7)13-17-5-19-21(13)4-10-11(12(15)16)18-6-20(9)10/h3-8H,9H2,1-2H3;6-7,9H,8H2,1-5H3;5-6,8-9,14H,3-4,7H2,1-2H3;3,5,17H,4,6-8H2,1-2H3;1-3,5-6,12H,4H2/t;;14-;;/m..0../s1. The zero-order valence-electron chi connectivity index (χ0n) is 65.6. The molecule has 0 unspecified atom stereocenters. The summed E-state index contributed by atoms with van der Waals surface area (Å²) in [7, 11) is 3.62. The maximum atomic E-state index is 13.1. The first-order valence-corrected chi connectivity index (χ1v) is 40.8. The number of amides is 1. The molecule has 1 amide bonds. The van der Waals surface area contributed by atoms with Crippen LogP contribution in [0.1, 0.15) is 161 Å². The van der Waals surface area contributed by atoms with Gasteiger partial charge in [-0.3, -0.25) is 28.3 Å². The van der Waals surface area contributed by atoms with Crippen LogP contribution in [0, 0.1) is 26.2 Å². The van der Waals surface area contributed by atoms with Crippen molar-refractivity contribution in [3.8, 4) is 67.4 Å². The number of aliphatic hydroxyl groups excluding tert-OH is 1. The second-order valence-corrected chi connectivity index (χ2v) is 34.3. The van der Waals surface area contributed by atoms with Gasteiger partial charge < -0.3 is 33.1 Å². The maximum absolute atomic E-state index is 13.1. The van der Waals surface area contributed by atoms with Gasteiger partial charge in [-0.2, -0.15) is 19.8 Å². The van der Waals surface area contributed by atoms with Crippen LogP contribution in [-0.2, 0) is 45.7 Å². The van der Waals surface area contributed by atoms with Crippen LogP contribution in [0.4, 0.5) is 8.78 Å². The molecule has 20 rings (SSSR count).